The van der Waals surface area contributed by atoms with Crippen LogP contribution in [0.1, 0.15) is 16.2 Å². The molecule has 9 heteroatoms. The molecule has 0 atom stereocenters. The first-order valence-corrected chi connectivity index (χ1v) is 7.01. The smallest absolute Gasteiger partial charge is 0.313 e. The predicted octanol–water partition coefficient (Wildman–Crippen LogP) is 2.60. The van der Waals surface area contributed by atoms with E-state index in [0.29, 0.717) is 16.1 Å². The van der Waals surface area contributed by atoms with Gasteiger partial charge in [0, 0.05) is 27.2 Å². The Morgan fingerprint density at radius 2 is 1.88 bits per heavy atom. The van der Waals surface area contributed by atoms with E-state index in [1.54, 1.807) is 17.7 Å². The highest BCUT2D eigenvalue weighted by atomic mass is 19.4. The van der Waals surface area contributed by atoms with Gasteiger partial charge in [0.1, 0.15) is 5.69 Å². The van der Waals surface area contributed by atoms with E-state index >= 15 is 0 Å². The van der Waals surface area contributed by atoms with Crippen LogP contribution in [-0.4, -0.2) is 32.3 Å². The number of amides is 1. The van der Waals surface area contributed by atoms with Crippen LogP contribution in [-0.2, 0) is 20.3 Å². The van der Waals surface area contributed by atoms with Gasteiger partial charge in [-0.3, -0.25) is 14.4 Å². The lowest BCUT2D eigenvalue weighted by Gasteiger charge is -2.14. The molecule has 0 spiro atoms. The zero-order valence-electron chi connectivity index (χ0n) is 13.2. The lowest BCUT2D eigenvalue weighted by Crippen LogP contribution is -2.29. The zero-order valence-corrected chi connectivity index (χ0v) is 13.2. The first-order valence-electron chi connectivity index (χ1n) is 7.01. The molecule has 0 fully saturated rings. The molecule has 0 saturated heterocycles. The Morgan fingerprint density at radius 1 is 1.21 bits per heavy atom. The minimum absolute atomic E-state index is 0.292. The average Bonchev–Trinajstić information content (AvgIpc) is 3.07. The van der Waals surface area contributed by atoms with Gasteiger partial charge in [0.05, 0.1) is 11.0 Å². The molecule has 0 bridgehead atoms. The lowest BCUT2D eigenvalue weighted by molar-refractivity contribution is -0.143. The Labute approximate surface area is 135 Å². The molecule has 2 aromatic heterocycles. The minimum atomic E-state index is -4.57. The van der Waals surface area contributed by atoms with Gasteiger partial charge >= 0.3 is 6.18 Å². The van der Waals surface area contributed by atoms with Gasteiger partial charge in [0.15, 0.2) is 5.69 Å². The van der Waals surface area contributed by atoms with Crippen molar-refractivity contribution in [1.29, 1.82) is 0 Å². The number of hydrogen-bond donors (Lipinski definition) is 0. The summed E-state index contributed by atoms with van der Waals surface area (Å²) < 4.78 is 40.9. The van der Waals surface area contributed by atoms with Crippen LogP contribution in [0.3, 0.4) is 0 Å². The third-order valence-corrected chi connectivity index (χ3v) is 3.76. The molecule has 0 saturated carbocycles. The largest absolute Gasteiger partial charge is 0.433 e. The summed E-state index contributed by atoms with van der Waals surface area (Å²) in [6.45, 7) is 0. The molecule has 3 rings (SSSR count). The molecule has 6 nitrogen and oxygen atoms in total. The van der Waals surface area contributed by atoms with Crippen LogP contribution >= 0.6 is 0 Å². The summed E-state index contributed by atoms with van der Waals surface area (Å²) in [4.78, 5) is 18.0. The van der Waals surface area contributed by atoms with Crippen molar-refractivity contribution < 1.29 is 18.0 Å². The molecule has 126 valence electrons. The maximum absolute atomic E-state index is 12.9. The van der Waals surface area contributed by atoms with E-state index in [-0.39, 0.29) is 5.69 Å². The maximum Gasteiger partial charge on any atom is 0.433 e. The molecule has 0 aliphatic carbocycles. The molecule has 1 amide bonds. The maximum atomic E-state index is 12.9. The molecule has 0 aliphatic rings. The number of aromatic nitrogens is 4. The zero-order chi connectivity index (χ0) is 17.6. The number of anilines is 1. The highest BCUT2D eigenvalue weighted by Crippen LogP contribution is 2.30. The number of aryl methyl sites for hydroxylation is 2. The quantitative estimate of drug-likeness (QED) is 0.722. The van der Waals surface area contributed by atoms with Crippen LogP contribution in [0.2, 0.25) is 0 Å². The summed E-state index contributed by atoms with van der Waals surface area (Å²) in [5, 5.41) is 3.68. The third kappa shape index (κ3) is 2.51. The lowest BCUT2D eigenvalue weighted by atomic mass is 10.3. The molecule has 0 radical (unpaired) electrons. The number of hydrogen-bond acceptors (Lipinski definition) is 3. The monoisotopic (exact) mass is 337 g/mol. The third-order valence-electron chi connectivity index (χ3n) is 3.76. The number of carbonyl (C=O) groups excluding carboxylic acids is 1. The molecule has 0 unspecified atom stereocenters. The summed E-state index contributed by atoms with van der Waals surface area (Å²) in [6, 6.07) is 8.02. The van der Waals surface area contributed by atoms with Gasteiger partial charge < -0.3 is 4.57 Å². The molecule has 24 heavy (non-hydrogen) atoms. The summed E-state index contributed by atoms with van der Waals surface area (Å²) in [5.74, 6) is -0.347. The van der Waals surface area contributed by atoms with E-state index in [9.17, 15) is 18.0 Å². The van der Waals surface area contributed by atoms with Crippen molar-refractivity contribution in [1.82, 2.24) is 19.3 Å². The van der Waals surface area contributed by atoms with E-state index in [1.807, 2.05) is 18.2 Å². The van der Waals surface area contributed by atoms with Gasteiger partial charge in [-0.15, -0.1) is 0 Å². The number of rotatable bonds is 2. The molecular formula is C15H14F3N5O. The van der Waals surface area contributed by atoms with Gasteiger partial charge in [0.2, 0.25) is 5.95 Å². The molecular weight excluding hydrogens is 323 g/mol. The van der Waals surface area contributed by atoms with Gasteiger partial charge in [-0.1, -0.05) is 12.1 Å². The summed E-state index contributed by atoms with van der Waals surface area (Å²) in [7, 11) is 4.33. The highest BCUT2D eigenvalue weighted by molar-refractivity contribution is 6.04. The van der Waals surface area contributed by atoms with Crippen LogP contribution in [0, 0.1) is 0 Å². The van der Waals surface area contributed by atoms with Crippen LogP contribution in [0.5, 0.6) is 0 Å². The highest BCUT2D eigenvalue weighted by Gasteiger charge is 2.36. The summed E-state index contributed by atoms with van der Waals surface area (Å²) in [6.07, 6.45) is -4.57. The van der Waals surface area contributed by atoms with Crippen LogP contribution in [0.4, 0.5) is 19.1 Å². The van der Waals surface area contributed by atoms with E-state index in [0.717, 1.165) is 18.6 Å². The second-order valence-electron chi connectivity index (χ2n) is 5.36. The normalized spacial score (nSPS) is 11.9. The number of nitrogens with zero attached hydrogens (tertiary/aromatic N) is 5. The number of benzene rings is 1. The predicted molar refractivity (Wildman–Crippen MR) is 81.7 cm³/mol. The fourth-order valence-electron chi connectivity index (χ4n) is 2.53. The number of imidazole rings is 1. The number of para-hydroxylation sites is 2. The number of carbonyl (C=O) groups is 1. The van der Waals surface area contributed by atoms with Gasteiger partial charge in [-0.05, 0) is 12.1 Å². The van der Waals surface area contributed by atoms with Crippen molar-refractivity contribution in [2.45, 2.75) is 6.18 Å². The summed E-state index contributed by atoms with van der Waals surface area (Å²) >= 11 is 0. The van der Waals surface area contributed by atoms with Crippen molar-refractivity contribution in [3.05, 3.63) is 41.7 Å². The van der Waals surface area contributed by atoms with E-state index in [1.165, 1.54) is 11.9 Å². The van der Waals surface area contributed by atoms with Crippen LogP contribution in [0.15, 0.2) is 30.3 Å². The van der Waals surface area contributed by atoms with E-state index in [2.05, 4.69) is 10.1 Å². The first-order chi connectivity index (χ1) is 11.2. The first kappa shape index (κ1) is 16.0. The van der Waals surface area contributed by atoms with Crippen LogP contribution < -0.4 is 4.90 Å². The van der Waals surface area contributed by atoms with Gasteiger partial charge in [0.25, 0.3) is 5.91 Å². The minimum Gasteiger partial charge on any atom is -0.313 e. The topological polar surface area (TPSA) is 56.0 Å². The van der Waals surface area contributed by atoms with E-state index < -0.39 is 17.8 Å². The fraction of sp³-hybridized carbons (Fsp3) is 0.267. The molecule has 3 aromatic rings. The molecule has 1 aromatic carbocycles. The number of alkyl halides is 3. The Balaban J connectivity index is 1.99. The van der Waals surface area contributed by atoms with Crippen molar-refractivity contribution in [3.63, 3.8) is 0 Å². The van der Waals surface area contributed by atoms with Gasteiger partial charge in [-0.2, -0.15) is 18.3 Å². The standard InChI is InChI=1S/C15H14F3N5O/c1-21-11-7-5-4-6-9(11)19-14(21)22(2)13(24)10-8-12(15(16,17)18)23(3)20-10/h4-8H,1-3H3. The summed E-state index contributed by atoms with van der Waals surface area (Å²) in [5.41, 5.74) is 0.222. The van der Waals surface area contributed by atoms with Crippen molar-refractivity contribution >= 4 is 22.9 Å². The SMILES string of the molecule is CN(C(=O)c1cc(C(F)(F)F)n(C)n1)c1nc2ccccc2n1C. The average molecular weight is 337 g/mol. The Morgan fingerprint density at radius 3 is 2.46 bits per heavy atom. The fourth-order valence-corrected chi connectivity index (χ4v) is 2.53. The second-order valence-corrected chi connectivity index (χ2v) is 5.36. The van der Waals surface area contributed by atoms with Crippen LogP contribution in [0.25, 0.3) is 11.0 Å². The van der Waals surface area contributed by atoms with Crippen molar-refractivity contribution in [2.75, 3.05) is 11.9 Å². The number of fused-ring (bicyclic) bond motifs is 1. The van der Waals surface area contributed by atoms with E-state index in [4.69, 9.17) is 0 Å². The van der Waals surface area contributed by atoms with Gasteiger partial charge in [-0.25, -0.2) is 4.98 Å². The Hall–Kier alpha value is -2.84. The Kier molecular flexibility index (Phi) is 3.58. The molecule has 0 aliphatic heterocycles. The molecule has 0 N–H and O–H groups in total. The van der Waals surface area contributed by atoms with Crippen molar-refractivity contribution in [3.8, 4) is 0 Å². The molecule has 2 heterocycles. The number of halogens is 3. The Bertz CT molecular complexity index is 925. The second kappa shape index (κ2) is 5.36. The van der Waals surface area contributed by atoms with Crippen molar-refractivity contribution in [2.24, 2.45) is 14.1 Å².